The highest BCUT2D eigenvalue weighted by Crippen LogP contribution is 2.47. The first-order valence-corrected chi connectivity index (χ1v) is 5.64. The number of methoxy groups -OCH3 is 1. The van der Waals surface area contributed by atoms with Gasteiger partial charge in [-0.05, 0) is 31.4 Å². The minimum Gasteiger partial charge on any atom is -0.495 e. The van der Waals surface area contributed by atoms with Gasteiger partial charge in [0.15, 0.2) is 5.82 Å². The van der Waals surface area contributed by atoms with Crippen molar-refractivity contribution < 1.29 is 13.9 Å². The van der Waals surface area contributed by atoms with Gasteiger partial charge in [-0.1, -0.05) is 11.6 Å². The average Bonchev–Trinajstić information content (AvgIpc) is 2.28. The molecule has 2 rings (SSSR count). The van der Waals surface area contributed by atoms with E-state index in [1.165, 1.54) is 13.2 Å². The van der Waals surface area contributed by atoms with Gasteiger partial charge in [0.2, 0.25) is 6.08 Å². The lowest BCUT2D eigenvalue weighted by Gasteiger charge is -2.37. The Balaban J connectivity index is 2.53. The molecule has 1 aromatic rings. The highest BCUT2D eigenvalue weighted by molar-refractivity contribution is 6.32. The molecular weight excluding hydrogens is 245 g/mol. The Labute approximate surface area is 103 Å². The van der Waals surface area contributed by atoms with Crippen LogP contribution in [0.1, 0.15) is 24.8 Å². The first-order chi connectivity index (χ1) is 8.14. The van der Waals surface area contributed by atoms with E-state index in [0.717, 1.165) is 6.42 Å². The van der Waals surface area contributed by atoms with E-state index in [1.807, 2.05) is 0 Å². The lowest BCUT2D eigenvalue weighted by atomic mass is 9.72. The molecule has 1 aliphatic carbocycles. The predicted molar refractivity (Wildman–Crippen MR) is 61.6 cm³/mol. The Hall–Kier alpha value is -1.38. The maximum Gasteiger partial charge on any atom is 0.235 e. The zero-order chi connectivity index (χ0) is 12.5. The summed E-state index contributed by atoms with van der Waals surface area (Å²) < 4.78 is 19.0. The first kappa shape index (κ1) is 12.1. The monoisotopic (exact) mass is 255 g/mol. The summed E-state index contributed by atoms with van der Waals surface area (Å²) in [5, 5.41) is -0.0719. The van der Waals surface area contributed by atoms with Crippen LogP contribution in [0, 0.1) is 5.82 Å². The number of hydrogen-bond acceptors (Lipinski definition) is 3. The molecule has 1 fully saturated rings. The summed E-state index contributed by atoms with van der Waals surface area (Å²) in [4.78, 5) is 14.2. The van der Waals surface area contributed by atoms with Crippen molar-refractivity contribution in [2.75, 3.05) is 7.11 Å². The zero-order valence-corrected chi connectivity index (χ0v) is 10.1. The fourth-order valence-electron chi connectivity index (χ4n) is 2.09. The maximum atomic E-state index is 14.1. The number of ether oxygens (including phenoxy) is 1. The van der Waals surface area contributed by atoms with Crippen LogP contribution in [-0.2, 0) is 10.3 Å². The molecule has 0 heterocycles. The molecule has 5 heteroatoms. The molecule has 0 radical (unpaired) electrons. The summed E-state index contributed by atoms with van der Waals surface area (Å²) in [5.41, 5.74) is -0.431. The molecule has 0 saturated heterocycles. The molecule has 3 nitrogen and oxygen atoms in total. The van der Waals surface area contributed by atoms with Gasteiger partial charge in [0, 0.05) is 5.56 Å². The molecule has 1 saturated carbocycles. The topological polar surface area (TPSA) is 38.7 Å². The minimum atomic E-state index is -0.776. The number of halogens is 2. The number of isocyanates is 1. The van der Waals surface area contributed by atoms with E-state index in [4.69, 9.17) is 16.3 Å². The number of rotatable bonds is 3. The van der Waals surface area contributed by atoms with Crippen molar-refractivity contribution in [3.05, 3.63) is 28.5 Å². The first-order valence-electron chi connectivity index (χ1n) is 5.26. The van der Waals surface area contributed by atoms with Crippen LogP contribution >= 0.6 is 11.6 Å². The molecule has 0 bridgehead atoms. The van der Waals surface area contributed by atoms with Gasteiger partial charge in [-0.3, -0.25) is 0 Å². The number of aliphatic imine (C=N–C) groups is 1. The molecule has 0 spiro atoms. The summed E-state index contributed by atoms with van der Waals surface area (Å²) in [6, 6.07) is 3.15. The number of carbonyl (C=O) groups excluding carboxylic acids is 1. The van der Waals surface area contributed by atoms with E-state index in [0.29, 0.717) is 18.4 Å². The third-order valence-corrected chi connectivity index (χ3v) is 3.56. The van der Waals surface area contributed by atoms with Crippen molar-refractivity contribution in [1.29, 1.82) is 0 Å². The Bertz CT molecular complexity index is 494. The number of nitrogens with zero attached hydrogens (tertiary/aromatic N) is 1. The van der Waals surface area contributed by atoms with Crippen LogP contribution in [0.15, 0.2) is 17.1 Å². The molecule has 1 aliphatic rings. The Morgan fingerprint density at radius 1 is 1.53 bits per heavy atom. The van der Waals surface area contributed by atoms with Crippen LogP contribution in [-0.4, -0.2) is 13.2 Å². The van der Waals surface area contributed by atoms with Gasteiger partial charge in [0.05, 0.1) is 7.11 Å². The minimum absolute atomic E-state index is 0.0719. The number of benzene rings is 1. The van der Waals surface area contributed by atoms with Gasteiger partial charge in [-0.25, -0.2) is 9.18 Å². The predicted octanol–water partition coefficient (Wildman–Crippen LogP) is 3.20. The van der Waals surface area contributed by atoms with Crippen LogP contribution in [0.5, 0.6) is 5.75 Å². The van der Waals surface area contributed by atoms with Gasteiger partial charge in [-0.15, -0.1) is 0 Å². The van der Waals surface area contributed by atoms with Crippen molar-refractivity contribution in [2.24, 2.45) is 4.99 Å². The van der Waals surface area contributed by atoms with E-state index in [9.17, 15) is 9.18 Å². The van der Waals surface area contributed by atoms with Crippen molar-refractivity contribution in [3.8, 4) is 5.75 Å². The second kappa shape index (κ2) is 4.47. The SMILES string of the molecule is COc1ccc(C2(N=C=O)CCC2)c(F)c1Cl. The Morgan fingerprint density at radius 2 is 2.24 bits per heavy atom. The normalized spacial score (nSPS) is 16.9. The van der Waals surface area contributed by atoms with Crippen LogP contribution < -0.4 is 4.74 Å². The highest BCUT2D eigenvalue weighted by atomic mass is 35.5. The van der Waals surface area contributed by atoms with Crippen LogP contribution in [0.25, 0.3) is 0 Å². The summed E-state index contributed by atoms with van der Waals surface area (Å²) in [5.74, 6) is -0.290. The molecule has 0 unspecified atom stereocenters. The molecule has 0 atom stereocenters. The van der Waals surface area contributed by atoms with E-state index >= 15 is 0 Å². The number of hydrogen-bond donors (Lipinski definition) is 0. The van der Waals surface area contributed by atoms with E-state index in [2.05, 4.69) is 4.99 Å². The largest absolute Gasteiger partial charge is 0.495 e. The molecule has 0 aromatic heterocycles. The fourth-order valence-corrected chi connectivity index (χ4v) is 2.33. The second-order valence-corrected chi connectivity index (χ2v) is 4.41. The smallest absolute Gasteiger partial charge is 0.235 e. The van der Waals surface area contributed by atoms with E-state index in [-0.39, 0.29) is 10.8 Å². The summed E-state index contributed by atoms with van der Waals surface area (Å²) in [6.07, 6.45) is 3.71. The summed E-state index contributed by atoms with van der Waals surface area (Å²) in [6.45, 7) is 0. The van der Waals surface area contributed by atoms with Crippen LogP contribution in [0.4, 0.5) is 4.39 Å². The van der Waals surface area contributed by atoms with Crippen LogP contribution in [0.2, 0.25) is 5.02 Å². The molecule has 0 aliphatic heterocycles. The molecule has 17 heavy (non-hydrogen) atoms. The lowest BCUT2D eigenvalue weighted by molar-refractivity contribution is 0.247. The van der Waals surface area contributed by atoms with Crippen molar-refractivity contribution in [3.63, 3.8) is 0 Å². The third kappa shape index (κ3) is 1.84. The van der Waals surface area contributed by atoms with Crippen molar-refractivity contribution >= 4 is 17.7 Å². The van der Waals surface area contributed by atoms with Gasteiger partial charge in [-0.2, -0.15) is 4.99 Å². The van der Waals surface area contributed by atoms with Crippen molar-refractivity contribution in [2.45, 2.75) is 24.8 Å². The Kier molecular flexibility index (Phi) is 3.18. The van der Waals surface area contributed by atoms with Gasteiger partial charge in [0.1, 0.15) is 16.3 Å². The highest BCUT2D eigenvalue weighted by Gasteiger charge is 2.41. The zero-order valence-electron chi connectivity index (χ0n) is 9.30. The maximum absolute atomic E-state index is 14.1. The van der Waals surface area contributed by atoms with Crippen LogP contribution in [0.3, 0.4) is 0 Å². The molecular formula is C12H11ClFNO2. The molecule has 0 amide bonds. The average molecular weight is 256 g/mol. The van der Waals surface area contributed by atoms with E-state index in [1.54, 1.807) is 12.1 Å². The quantitative estimate of drug-likeness (QED) is 0.615. The van der Waals surface area contributed by atoms with Gasteiger partial charge in [0.25, 0.3) is 0 Å². The van der Waals surface area contributed by atoms with Gasteiger partial charge >= 0.3 is 0 Å². The lowest BCUT2D eigenvalue weighted by Crippen LogP contribution is -2.33. The fraction of sp³-hybridized carbons (Fsp3) is 0.417. The standard InChI is InChI=1S/C12H11ClFNO2/c1-17-9-4-3-8(11(14)10(9)13)12(15-7-16)5-2-6-12/h3-4H,2,5-6H2,1H3. The molecule has 90 valence electrons. The molecule has 0 N–H and O–H groups in total. The van der Waals surface area contributed by atoms with Crippen molar-refractivity contribution in [1.82, 2.24) is 0 Å². The summed E-state index contributed by atoms with van der Waals surface area (Å²) >= 11 is 5.85. The Morgan fingerprint density at radius 3 is 2.71 bits per heavy atom. The summed E-state index contributed by atoms with van der Waals surface area (Å²) in [7, 11) is 1.42. The third-order valence-electron chi connectivity index (χ3n) is 3.21. The second-order valence-electron chi connectivity index (χ2n) is 4.03. The van der Waals surface area contributed by atoms with Gasteiger partial charge < -0.3 is 4.74 Å². The molecule has 1 aromatic carbocycles. The van der Waals surface area contributed by atoms with E-state index < -0.39 is 11.4 Å².